The predicted octanol–water partition coefficient (Wildman–Crippen LogP) is 2.03. The monoisotopic (exact) mass is 295 g/mol. The SMILES string of the molecule is Cc1ccc(F)c(OCC(=O)NC2(CC(=O)O)CCC2)c1. The van der Waals surface area contributed by atoms with Crippen molar-refractivity contribution < 1.29 is 23.8 Å². The Bertz CT molecular complexity index is 555. The number of carboxylic acid groups (broad SMARTS) is 1. The fourth-order valence-corrected chi connectivity index (χ4v) is 2.44. The molecule has 6 heteroatoms. The number of hydrogen-bond donors (Lipinski definition) is 2. The molecule has 2 N–H and O–H groups in total. The van der Waals surface area contributed by atoms with Crippen molar-refractivity contribution in [3.8, 4) is 5.75 Å². The highest BCUT2D eigenvalue weighted by atomic mass is 19.1. The molecule has 21 heavy (non-hydrogen) atoms. The Morgan fingerprint density at radius 2 is 2.14 bits per heavy atom. The number of halogens is 1. The number of hydrogen-bond acceptors (Lipinski definition) is 3. The topological polar surface area (TPSA) is 75.6 Å². The van der Waals surface area contributed by atoms with Crippen LogP contribution in [0.1, 0.15) is 31.2 Å². The third-order valence-electron chi connectivity index (χ3n) is 3.65. The molecule has 0 spiro atoms. The van der Waals surface area contributed by atoms with Crippen molar-refractivity contribution in [2.75, 3.05) is 6.61 Å². The molecule has 0 unspecified atom stereocenters. The van der Waals surface area contributed by atoms with E-state index in [4.69, 9.17) is 9.84 Å². The molecule has 1 aliphatic rings. The van der Waals surface area contributed by atoms with E-state index < -0.39 is 23.2 Å². The minimum absolute atomic E-state index is 0.0195. The Labute approximate surface area is 122 Å². The highest BCUT2D eigenvalue weighted by molar-refractivity contribution is 5.80. The minimum Gasteiger partial charge on any atom is -0.481 e. The van der Waals surface area contributed by atoms with Crippen LogP contribution >= 0.6 is 0 Å². The van der Waals surface area contributed by atoms with Gasteiger partial charge in [-0.15, -0.1) is 0 Å². The molecule has 0 radical (unpaired) electrons. The largest absolute Gasteiger partial charge is 0.481 e. The number of carboxylic acids is 1. The Morgan fingerprint density at radius 3 is 2.71 bits per heavy atom. The number of rotatable bonds is 6. The van der Waals surface area contributed by atoms with E-state index in [-0.39, 0.29) is 18.8 Å². The van der Waals surface area contributed by atoms with Crippen molar-refractivity contribution in [2.45, 2.75) is 38.1 Å². The lowest BCUT2D eigenvalue weighted by molar-refractivity contribution is -0.140. The van der Waals surface area contributed by atoms with Crippen molar-refractivity contribution in [3.05, 3.63) is 29.6 Å². The first-order valence-corrected chi connectivity index (χ1v) is 6.82. The van der Waals surface area contributed by atoms with Crippen molar-refractivity contribution in [3.63, 3.8) is 0 Å². The van der Waals surface area contributed by atoms with E-state index in [9.17, 15) is 14.0 Å². The quantitative estimate of drug-likeness (QED) is 0.842. The molecule has 0 atom stereocenters. The van der Waals surface area contributed by atoms with E-state index in [0.29, 0.717) is 12.8 Å². The summed E-state index contributed by atoms with van der Waals surface area (Å²) >= 11 is 0. The number of carbonyl (C=O) groups excluding carboxylic acids is 1. The molecule has 1 saturated carbocycles. The van der Waals surface area contributed by atoms with Crippen LogP contribution in [0.5, 0.6) is 5.75 Å². The van der Waals surface area contributed by atoms with Gasteiger partial charge in [-0.25, -0.2) is 4.39 Å². The van der Waals surface area contributed by atoms with E-state index in [1.54, 1.807) is 13.0 Å². The highest BCUT2D eigenvalue weighted by Crippen LogP contribution is 2.34. The molecule has 0 bridgehead atoms. The maximum Gasteiger partial charge on any atom is 0.305 e. The van der Waals surface area contributed by atoms with Gasteiger partial charge in [-0.05, 0) is 43.9 Å². The number of aryl methyl sites for hydroxylation is 1. The van der Waals surface area contributed by atoms with Crippen molar-refractivity contribution in [2.24, 2.45) is 0 Å². The van der Waals surface area contributed by atoms with Gasteiger partial charge in [-0.3, -0.25) is 9.59 Å². The number of carbonyl (C=O) groups is 2. The summed E-state index contributed by atoms with van der Waals surface area (Å²) in [5, 5.41) is 11.6. The number of benzene rings is 1. The zero-order valence-corrected chi connectivity index (χ0v) is 11.8. The third kappa shape index (κ3) is 3.93. The molecule has 114 valence electrons. The summed E-state index contributed by atoms with van der Waals surface area (Å²) in [4.78, 5) is 22.7. The second kappa shape index (κ2) is 6.11. The van der Waals surface area contributed by atoms with Gasteiger partial charge in [0.25, 0.3) is 5.91 Å². The molecule has 0 aliphatic heterocycles. The minimum atomic E-state index is -0.944. The lowest BCUT2D eigenvalue weighted by atomic mass is 9.74. The fourth-order valence-electron chi connectivity index (χ4n) is 2.44. The Kier molecular flexibility index (Phi) is 4.45. The molecule has 1 aromatic carbocycles. The normalized spacial score (nSPS) is 15.9. The zero-order chi connectivity index (χ0) is 15.5. The average Bonchev–Trinajstić information content (AvgIpc) is 2.36. The summed E-state index contributed by atoms with van der Waals surface area (Å²) in [6.45, 7) is 1.46. The average molecular weight is 295 g/mol. The fraction of sp³-hybridized carbons (Fsp3) is 0.467. The third-order valence-corrected chi connectivity index (χ3v) is 3.65. The van der Waals surface area contributed by atoms with E-state index in [2.05, 4.69) is 5.32 Å². The van der Waals surface area contributed by atoms with Crippen molar-refractivity contribution >= 4 is 11.9 Å². The molecular weight excluding hydrogens is 277 g/mol. The summed E-state index contributed by atoms with van der Waals surface area (Å²) in [5.41, 5.74) is 0.158. The summed E-state index contributed by atoms with van der Waals surface area (Å²) in [7, 11) is 0. The van der Waals surface area contributed by atoms with Crippen LogP contribution in [0.15, 0.2) is 18.2 Å². The molecule has 1 amide bonds. The van der Waals surface area contributed by atoms with Crippen LogP contribution in [-0.2, 0) is 9.59 Å². The van der Waals surface area contributed by atoms with Crippen molar-refractivity contribution in [1.29, 1.82) is 0 Å². The Hall–Kier alpha value is -2.11. The molecule has 1 fully saturated rings. The molecular formula is C15H18FNO4. The van der Waals surface area contributed by atoms with E-state index in [0.717, 1.165) is 12.0 Å². The van der Waals surface area contributed by atoms with Gasteiger partial charge in [0, 0.05) is 0 Å². The highest BCUT2D eigenvalue weighted by Gasteiger charge is 2.40. The Balaban J connectivity index is 1.90. The lowest BCUT2D eigenvalue weighted by Crippen LogP contribution is -2.55. The van der Waals surface area contributed by atoms with Crippen LogP contribution in [-0.4, -0.2) is 29.1 Å². The van der Waals surface area contributed by atoms with E-state index in [1.807, 2.05) is 0 Å². The first kappa shape index (κ1) is 15.3. The summed E-state index contributed by atoms with van der Waals surface area (Å²) < 4.78 is 18.6. The van der Waals surface area contributed by atoms with Gasteiger partial charge in [-0.2, -0.15) is 0 Å². The molecule has 1 aliphatic carbocycles. The molecule has 2 rings (SSSR count). The van der Waals surface area contributed by atoms with Gasteiger partial charge in [0.05, 0.1) is 12.0 Å². The predicted molar refractivity (Wildman–Crippen MR) is 73.6 cm³/mol. The number of nitrogens with one attached hydrogen (secondary N) is 1. The second-order valence-corrected chi connectivity index (χ2v) is 5.48. The van der Waals surface area contributed by atoms with Crippen molar-refractivity contribution in [1.82, 2.24) is 5.32 Å². The van der Waals surface area contributed by atoms with Gasteiger partial charge < -0.3 is 15.2 Å². The van der Waals surface area contributed by atoms with Crippen LogP contribution < -0.4 is 10.1 Å². The maximum absolute atomic E-state index is 13.5. The van der Waals surface area contributed by atoms with Gasteiger partial charge >= 0.3 is 5.97 Å². The first-order chi connectivity index (χ1) is 9.90. The van der Waals surface area contributed by atoms with Crippen LogP contribution in [0, 0.1) is 12.7 Å². The van der Waals surface area contributed by atoms with Crippen LogP contribution in [0.25, 0.3) is 0 Å². The summed E-state index contributed by atoms with van der Waals surface area (Å²) in [5.74, 6) is -1.89. The second-order valence-electron chi connectivity index (χ2n) is 5.48. The van der Waals surface area contributed by atoms with E-state index >= 15 is 0 Å². The Morgan fingerprint density at radius 1 is 1.43 bits per heavy atom. The molecule has 0 aromatic heterocycles. The van der Waals surface area contributed by atoms with Crippen LogP contribution in [0.4, 0.5) is 4.39 Å². The molecule has 0 heterocycles. The molecule has 1 aromatic rings. The summed E-state index contributed by atoms with van der Waals surface area (Å²) in [6, 6.07) is 4.40. The zero-order valence-electron chi connectivity index (χ0n) is 11.8. The summed E-state index contributed by atoms with van der Waals surface area (Å²) in [6.07, 6.45) is 2.08. The standard InChI is InChI=1S/C15H18FNO4/c1-10-3-4-11(16)12(7-10)21-9-13(18)17-15(5-2-6-15)8-14(19)20/h3-4,7H,2,5-6,8-9H2,1H3,(H,17,18)(H,19,20). The first-order valence-electron chi connectivity index (χ1n) is 6.82. The number of amides is 1. The number of ether oxygens (including phenoxy) is 1. The van der Waals surface area contributed by atoms with E-state index in [1.165, 1.54) is 12.1 Å². The van der Waals surface area contributed by atoms with Crippen LogP contribution in [0.2, 0.25) is 0 Å². The number of aliphatic carboxylic acids is 1. The smallest absolute Gasteiger partial charge is 0.305 e. The van der Waals surface area contributed by atoms with Gasteiger partial charge in [0.15, 0.2) is 18.2 Å². The van der Waals surface area contributed by atoms with Gasteiger partial charge in [0.1, 0.15) is 0 Å². The van der Waals surface area contributed by atoms with Crippen LogP contribution in [0.3, 0.4) is 0 Å². The van der Waals surface area contributed by atoms with Gasteiger partial charge in [0.2, 0.25) is 0 Å². The lowest BCUT2D eigenvalue weighted by Gasteiger charge is -2.41. The maximum atomic E-state index is 13.5. The molecule has 0 saturated heterocycles. The van der Waals surface area contributed by atoms with Gasteiger partial charge in [-0.1, -0.05) is 6.07 Å². The molecule has 5 nitrogen and oxygen atoms in total.